The van der Waals surface area contributed by atoms with E-state index in [0.29, 0.717) is 31.0 Å². The zero-order valence-corrected chi connectivity index (χ0v) is 19.7. The molecule has 6 nitrogen and oxygen atoms in total. The molecule has 0 aromatic heterocycles. The smallest absolute Gasteiger partial charge is 0.250 e. The molecule has 3 amide bonds. The standard InChI is InChI=1S/C25H26BrN3O3/c1-14(2)12-19-20-21(23(31)29(22(20)30)11-10-15-6-4-3-5-7-15)25(28-19)17-13-16(26)8-9-18(17)27-24(25)32/h3-9,13-14,19-21,28H,10-12H2,1-2H3,(H,27,32)/t19?,20-,21+,25?/m1/s1. The van der Waals surface area contributed by atoms with Crippen molar-refractivity contribution in [3.05, 3.63) is 64.1 Å². The number of benzene rings is 2. The number of nitrogens with one attached hydrogen (secondary N) is 2. The molecule has 0 bridgehead atoms. The molecule has 2 aromatic rings. The highest BCUT2D eigenvalue weighted by Crippen LogP contribution is 2.54. The van der Waals surface area contributed by atoms with E-state index in [9.17, 15) is 14.4 Å². The summed E-state index contributed by atoms with van der Waals surface area (Å²) in [5.74, 6) is -1.64. The fraction of sp³-hybridized carbons (Fsp3) is 0.400. The summed E-state index contributed by atoms with van der Waals surface area (Å²) >= 11 is 3.50. The van der Waals surface area contributed by atoms with Gasteiger partial charge in [0.05, 0.1) is 11.8 Å². The van der Waals surface area contributed by atoms with Gasteiger partial charge in [0, 0.05) is 28.3 Å². The minimum Gasteiger partial charge on any atom is -0.324 e. The van der Waals surface area contributed by atoms with Crippen LogP contribution in [0.4, 0.5) is 5.69 Å². The van der Waals surface area contributed by atoms with Crippen molar-refractivity contribution in [3.8, 4) is 0 Å². The zero-order valence-electron chi connectivity index (χ0n) is 18.1. The molecule has 1 spiro atoms. The van der Waals surface area contributed by atoms with Gasteiger partial charge < -0.3 is 5.32 Å². The lowest BCUT2D eigenvalue weighted by molar-refractivity contribution is -0.142. The summed E-state index contributed by atoms with van der Waals surface area (Å²) in [6.07, 6.45) is 1.31. The first kappa shape index (κ1) is 21.3. The highest BCUT2D eigenvalue weighted by atomic mass is 79.9. The third-order valence-corrected chi connectivity index (χ3v) is 7.45. The summed E-state index contributed by atoms with van der Waals surface area (Å²) < 4.78 is 0.829. The van der Waals surface area contributed by atoms with Gasteiger partial charge in [-0.2, -0.15) is 0 Å². The van der Waals surface area contributed by atoms with Gasteiger partial charge in [0.2, 0.25) is 17.7 Å². The Morgan fingerprint density at radius 2 is 1.81 bits per heavy atom. The molecule has 7 heteroatoms. The molecule has 2 aromatic carbocycles. The summed E-state index contributed by atoms with van der Waals surface area (Å²) in [4.78, 5) is 42.1. The van der Waals surface area contributed by atoms with Gasteiger partial charge in [-0.25, -0.2) is 0 Å². The summed E-state index contributed by atoms with van der Waals surface area (Å²) in [5, 5.41) is 6.43. The average Bonchev–Trinajstić information content (AvgIpc) is 3.32. The maximum Gasteiger partial charge on any atom is 0.250 e. The first-order chi connectivity index (χ1) is 15.3. The Morgan fingerprint density at radius 3 is 2.53 bits per heavy atom. The van der Waals surface area contributed by atoms with E-state index in [1.807, 2.05) is 48.5 Å². The Kier molecular flexibility index (Phi) is 5.21. The fourth-order valence-electron chi connectivity index (χ4n) is 5.65. The number of halogens is 1. The van der Waals surface area contributed by atoms with Gasteiger partial charge >= 0.3 is 0 Å². The van der Waals surface area contributed by atoms with Gasteiger partial charge in [-0.3, -0.25) is 24.6 Å². The molecule has 0 aliphatic carbocycles. The van der Waals surface area contributed by atoms with E-state index in [-0.39, 0.29) is 23.8 Å². The van der Waals surface area contributed by atoms with Crippen LogP contribution >= 0.6 is 15.9 Å². The lowest BCUT2D eigenvalue weighted by Crippen LogP contribution is -2.53. The number of amides is 3. The van der Waals surface area contributed by atoms with Crippen molar-refractivity contribution in [2.75, 3.05) is 11.9 Å². The van der Waals surface area contributed by atoms with E-state index in [4.69, 9.17) is 0 Å². The second-order valence-electron chi connectivity index (χ2n) is 9.40. The molecule has 5 rings (SSSR count). The Morgan fingerprint density at radius 1 is 1.06 bits per heavy atom. The van der Waals surface area contributed by atoms with Crippen molar-refractivity contribution in [3.63, 3.8) is 0 Å². The van der Waals surface area contributed by atoms with Crippen molar-refractivity contribution < 1.29 is 14.4 Å². The molecular formula is C25H26BrN3O3. The van der Waals surface area contributed by atoms with E-state index < -0.39 is 17.4 Å². The molecule has 2 N–H and O–H groups in total. The molecule has 2 unspecified atom stereocenters. The van der Waals surface area contributed by atoms with Crippen LogP contribution in [0.15, 0.2) is 53.0 Å². The highest BCUT2D eigenvalue weighted by Gasteiger charge is 2.70. The third-order valence-electron chi connectivity index (χ3n) is 6.96. The number of carbonyl (C=O) groups excluding carboxylic acids is 3. The summed E-state index contributed by atoms with van der Waals surface area (Å²) in [6.45, 7) is 4.51. The molecule has 166 valence electrons. The van der Waals surface area contributed by atoms with Crippen molar-refractivity contribution in [1.82, 2.24) is 10.2 Å². The van der Waals surface area contributed by atoms with Gasteiger partial charge in [0.1, 0.15) is 5.54 Å². The van der Waals surface area contributed by atoms with Crippen LogP contribution in [0.3, 0.4) is 0 Å². The van der Waals surface area contributed by atoms with Crippen LogP contribution < -0.4 is 10.6 Å². The monoisotopic (exact) mass is 495 g/mol. The zero-order chi connectivity index (χ0) is 22.6. The molecule has 3 aliphatic rings. The Hall–Kier alpha value is -2.51. The number of carbonyl (C=O) groups is 3. The maximum absolute atomic E-state index is 13.7. The second-order valence-corrected chi connectivity index (χ2v) is 10.3. The van der Waals surface area contributed by atoms with Crippen LogP contribution in [-0.4, -0.2) is 35.2 Å². The van der Waals surface area contributed by atoms with Gasteiger partial charge in [-0.05, 0) is 42.5 Å². The fourth-order valence-corrected chi connectivity index (χ4v) is 6.01. The van der Waals surface area contributed by atoms with Crippen LogP contribution in [0.5, 0.6) is 0 Å². The summed E-state index contributed by atoms with van der Waals surface area (Å²) in [7, 11) is 0. The topological polar surface area (TPSA) is 78.5 Å². The molecule has 3 aliphatic heterocycles. The number of hydrogen-bond acceptors (Lipinski definition) is 4. The van der Waals surface area contributed by atoms with E-state index >= 15 is 0 Å². The average molecular weight is 496 g/mol. The molecule has 4 atom stereocenters. The van der Waals surface area contributed by atoms with Crippen LogP contribution in [0.25, 0.3) is 0 Å². The lowest BCUT2D eigenvalue weighted by atomic mass is 9.76. The SMILES string of the molecule is CC(C)CC1NC2(C(=O)Nc3ccc(Br)cc32)[C@@H]2C(=O)N(CCc3ccccc3)C(=O)[C@H]12. The number of hydrogen-bond donors (Lipinski definition) is 2. The Bertz CT molecular complexity index is 1100. The lowest BCUT2D eigenvalue weighted by Gasteiger charge is -2.30. The number of nitrogens with zero attached hydrogens (tertiary/aromatic N) is 1. The number of fused-ring (bicyclic) bond motifs is 4. The third kappa shape index (κ3) is 3.13. The van der Waals surface area contributed by atoms with Crippen molar-refractivity contribution >= 4 is 39.3 Å². The molecule has 2 fully saturated rings. The van der Waals surface area contributed by atoms with Crippen molar-refractivity contribution in [1.29, 1.82) is 0 Å². The van der Waals surface area contributed by atoms with Crippen molar-refractivity contribution in [2.24, 2.45) is 17.8 Å². The number of anilines is 1. The predicted octanol–water partition coefficient (Wildman–Crippen LogP) is 3.46. The highest BCUT2D eigenvalue weighted by molar-refractivity contribution is 9.10. The number of rotatable bonds is 5. The molecule has 0 radical (unpaired) electrons. The second kappa shape index (κ2) is 7.81. The summed E-state index contributed by atoms with van der Waals surface area (Å²) in [5.41, 5.74) is 1.28. The van der Waals surface area contributed by atoms with E-state index in [0.717, 1.165) is 15.6 Å². The van der Waals surface area contributed by atoms with E-state index in [1.54, 1.807) is 0 Å². The van der Waals surface area contributed by atoms with Gasteiger partial charge in [0.15, 0.2) is 0 Å². The first-order valence-electron chi connectivity index (χ1n) is 11.1. The quantitative estimate of drug-likeness (QED) is 0.622. The molecule has 0 saturated carbocycles. The molecule has 32 heavy (non-hydrogen) atoms. The number of imide groups is 1. The first-order valence-corrected chi connectivity index (χ1v) is 11.9. The van der Waals surface area contributed by atoms with E-state index in [2.05, 4.69) is 40.4 Å². The normalized spacial score (nSPS) is 28.6. The largest absolute Gasteiger partial charge is 0.324 e. The van der Waals surface area contributed by atoms with Gasteiger partial charge in [-0.1, -0.05) is 60.1 Å². The molecular weight excluding hydrogens is 470 g/mol. The van der Waals surface area contributed by atoms with E-state index in [1.165, 1.54) is 4.90 Å². The maximum atomic E-state index is 13.7. The predicted molar refractivity (Wildman–Crippen MR) is 125 cm³/mol. The summed E-state index contributed by atoms with van der Waals surface area (Å²) in [6, 6.07) is 15.2. The molecule has 3 heterocycles. The molecule has 2 saturated heterocycles. The van der Waals surface area contributed by atoms with Crippen LogP contribution in [0.1, 0.15) is 31.4 Å². The Labute approximate surface area is 195 Å². The minimum atomic E-state index is -1.22. The van der Waals surface area contributed by atoms with Crippen LogP contribution in [-0.2, 0) is 26.3 Å². The minimum absolute atomic E-state index is 0.165. The Balaban J connectivity index is 1.54. The number of likely N-dealkylation sites (tertiary alicyclic amines) is 1. The van der Waals surface area contributed by atoms with Gasteiger partial charge in [-0.15, -0.1) is 0 Å². The van der Waals surface area contributed by atoms with Crippen LogP contribution in [0, 0.1) is 17.8 Å². The van der Waals surface area contributed by atoms with Crippen molar-refractivity contribution in [2.45, 2.75) is 38.3 Å². The van der Waals surface area contributed by atoms with Gasteiger partial charge in [0.25, 0.3) is 0 Å². The van der Waals surface area contributed by atoms with Crippen LogP contribution in [0.2, 0.25) is 0 Å².